The zero-order chi connectivity index (χ0) is 14.1. The number of hydrogen-bond acceptors (Lipinski definition) is 2. The minimum atomic E-state index is -0.246. The number of nitrogens with one attached hydrogen (secondary N) is 1. The minimum Gasteiger partial charge on any atom is -0.361 e. The number of nitriles is 1. The Kier molecular flexibility index (Phi) is 6.37. The normalized spacial score (nSPS) is 22.6. The van der Waals surface area contributed by atoms with E-state index in [4.69, 9.17) is 10.00 Å². The van der Waals surface area contributed by atoms with Gasteiger partial charge in [0, 0.05) is 0 Å². The van der Waals surface area contributed by atoms with Crippen molar-refractivity contribution in [3.63, 3.8) is 0 Å². The summed E-state index contributed by atoms with van der Waals surface area (Å²) in [6.45, 7) is 4.04. The standard InChI is InChI=1S/C17H26N2O/c18-12-8-16-20-17(9-3-1-4-10-17)11-7-15-19-13-5-2-6-14-19/h1-6,8-10,13-16H2/p+1. The first kappa shape index (κ1) is 15.4. The molecule has 0 unspecified atom stereocenters. The smallest absolute Gasteiger partial charge is 0.139 e. The summed E-state index contributed by atoms with van der Waals surface area (Å²) in [7, 11) is 0. The first-order chi connectivity index (χ1) is 9.85. The highest BCUT2D eigenvalue weighted by atomic mass is 16.5. The Morgan fingerprint density at radius 3 is 2.40 bits per heavy atom. The molecule has 0 aromatic heterocycles. The Morgan fingerprint density at radius 1 is 1.00 bits per heavy atom. The fourth-order valence-corrected chi connectivity index (χ4v) is 3.28. The molecule has 1 N–H and O–H groups in total. The minimum absolute atomic E-state index is 0.246. The number of piperidine rings is 1. The van der Waals surface area contributed by atoms with Crippen molar-refractivity contribution in [2.24, 2.45) is 0 Å². The predicted molar refractivity (Wildman–Crippen MR) is 79.2 cm³/mol. The molecule has 2 fully saturated rings. The molecule has 1 saturated carbocycles. The van der Waals surface area contributed by atoms with Crippen molar-refractivity contribution in [3.8, 4) is 17.9 Å². The van der Waals surface area contributed by atoms with Crippen LogP contribution in [0.15, 0.2) is 0 Å². The van der Waals surface area contributed by atoms with Crippen LogP contribution < -0.4 is 4.90 Å². The second-order valence-corrected chi connectivity index (χ2v) is 6.10. The van der Waals surface area contributed by atoms with Crippen LogP contribution in [0.4, 0.5) is 0 Å². The molecular weight excluding hydrogens is 248 g/mol. The third-order valence-corrected chi connectivity index (χ3v) is 4.47. The van der Waals surface area contributed by atoms with Crippen LogP contribution in [0.2, 0.25) is 0 Å². The highest BCUT2D eigenvalue weighted by molar-refractivity contribution is 5.15. The second kappa shape index (κ2) is 8.30. The lowest BCUT2D eigenvalue weighted by atomic mass is 9.85. The summed E-state index contributed by atoms with van der Waals surface area (Å²) in [5.74, 6) is 6.84. The number of quaternary nitrogens is 1. The van der Waals surface area contributed by atoms with Crippen LogP contribution in [0.3, 0.4) is 0 Å². The van der Waals surface area contributed by atoms with Crippen LogP contribution in [0.25, 0.3) is 0 Å². The summed E-state index contributed by atoms with van der Waals surface area (Å²) in [5, 5.41) is 8.66. The number of ether oxygens (including phenoxy) is 1. The van der Waals surface area contributed by atoms with E-state index in [0.717, 1.165) is 19.4 Å². The van der Waals surface area contributed by atoms with Crippen molar-refractivity contribution < 1.29 is 9.64 Å². The predicted octanol–water partition coefficient (Wildman–Crippen LogP) is 1.69. The van der Waals surface area contributed by atoms with Crippen LogP contribution in [-0.2, 0) is 4.74 Å². The lowest BCUT2D eigenvalue weighted by Gasteiger charge is -2.32. The highest BCUT2D eigenvalue weighted by Crippen LogP contribution is 2.31. The van der Waals surface area contributed by atoms with Crippen molar-refractivity contribution in [2.75, 3.05) is 26.2 Å². The van der Waals surface area contributed by atoms with Crippen molar-refractivity contribution in [3.05, 3.63) is 0 Å². The van der Waals surface area contributed by atoms with Gasteiger partial charge in [-0.25, -0.2) is 0 Å². The van der Waals surface area contributed by atoms with Gasteiger partial charge < -0.3 is 9.64 Å². The molecule has 0 atom stereocenters. The maximum Gasteiger partial charge on any atom is 0.139 e. The Hall–Kier alpha value is -1.03. The molecule has 1 saturated heterocycles. The van der Waals surface area contributed by atoms with Gasteiger partial charge >= 0.3 is 0 Å². The third-order valence-electron chi connectivity index (χ3n) is 4.47. The Balaban J connectivity index is 1.87. The molecule has 1 aliphatic carbocycles. The SMILES string of the molecule is N#CCCOC1(C#CC[NH+]2CCCCC2)CCCCC1. The largest absolute Gasteiger partial charge is 0.361 e. The zero-order valence-electron chi connectivity index (χ0n) is 12.5. The molecule has 0 radical (unpaired) electrons. The second-order valence-electron chi connectivity index (χ2n) is 6.10. The molecule has 0 aromatic carbocycles. The third kappa shape index (κ3) is 4.82. The van der Waals surface area contributed by atoms with E-state index in [0.29, 0.717) is 13.0 Å². The first-order valence-corrected chi connectivity index (χ1v) is 8.19. The number of hydrogen-bond donors (Lipinski definition) is 1. The average molecular weight is 275 g/mol. The van der Waals surface area contributed by atoms with E-state index >= 15 is 0 Å². The van der Waals surface area contributed by atoms with Crippen LogP contribution >= 0.6 is 0 Å². The van der Waals surface area contributed by atoms with Gasteiger partial charge in [-0.1, -0.05) is 12.3 Å². The fraction of sp³-hybridized carbons (Fsp3) is 0.824. The van der Waals surface area contributed by atoms with Gasteiger partial charge in [0.2, 0.25) is 0 Å². The van der Waals surface area contributed by atoms with E-state index < -0.39 is 0 Å². The van der Waals surface area contributed by atoms with Crippen molar-refractivity contribution in [2.45, 2.75) is 63.4 Å². The lowest BCUT2D eigenvalue weighted by Crippen LogP contribution is -3.12. The van der Waals surface area contributed by atoms with E-state index in [1.54, 1.807) is 4.90 Å². The highest BCUT2D eigenvalue weighted by Gasteiger charge is 2.30. The Morgan fingerprint density at radius 2 is 1.70 bits per heavy atom. The van der Waals surface area contributed by atoms with Gasteiger partial charge in [0.05, 0.1) is 32.2 Å². The van der Waals surface area contributed by atoms with Crippen LogP contribution in [-0.4, -0.2) is 31.8 Å². The van der Waals surface area contributed by atoms with Gasteiger partial charge in [-0.05, 0) is 50.9 Å². The Bertz CT molecular complexity index is 376. The molecule has 0 aromatic rings. The molecule has 1 heterocycles. The molecular formula is C17H27N2O+. The van der Waals surface area contributed by atoms with E-state index in [1.165, 1.54) is 51.6 Å². The topological polar surface area (TPSA) is 37.5 Å². The van der Waals surface area contributed by atoms with E-state index in [2.05, 4.69) is 17.9 Å². The molecule has 1 aliphatic heterocycles. The number of nitrogens with zero attached hydrogens (tertiary/aromatic N) is 1. The van der Waals surface area contributed by atoms with Gasteiger partial charge in [-0.2, -0.15) is 5.26 Å². The van der Waals surface area contributed by atoms with E-state index in [9.17, 15) is 0 Å². The number of rotatable bonds is 4. The summed E-state index contributed by atoms with van der Waals surface area (Å²) in [6, 6.07) is 2.15. The van der Waals surface area contributed by atoms with Crippen molar-refractivity contribution in [1.29, 1.82) is 5.26 Å². The van der Waals surface area contributed by atoms with Gasteiger partial charge in [0.1, 0.15) is 12.1 Å². The van der Waals surface area contributed by atoms with Gasteiger partial charge in [0.25, 0.3) is 0 Å². The Labute approximate surface area is 123 Å². The monoisotopic (exact) mass is 275 g/mol. The van der Waals surface area contributed by atoms with E-state index in [1.807, 2.05) is 0 Å². The van der Waals surface area contributed by atoms with Crippen molar-refractivity contribution >= 4 is 0 Å². The van der Waals surface area contributed by atoms with Crippen LogP contribution in [0.1, 0.15) is 57.8 Å². The van der Waals surface area contributed by atoms with Gasteiger partial charge in [0.15, 0.2) is 0 Å². The first-order valence-electron chi connectivity index (χ1n) is 8.19. The van der Waals surface area contributed by atoms with E-state index in [-0.39, 0.29) is 5.60 Å². The summed E-state index contributed by atoms with van der Waals surface area (Å²) in [4.78, 5) is 1.63. The summed E-state index contributed by atoms with van der Waals surface area (Å²) >= 11 is 0. The van der Waals surface area contributed by atoms with Gasteiger partial charge in [-0.3, -0.25) is 0 Å². The molecule has 0 amide bonds. The molecule has 0 spiro atoms. The number of likely N-dealkylation sites (tertiary alicyclic amines) is 1. The molecule has 0 bridgehead atoms. The van der Waals surface area contributed by atoms with Gasteiger partial charge in [-0.15, -0.1) is 0 Å². The summed E-state index contributed by atoms with van der Waals surface area (Å²) < 4.78 is 6.00. The molecule has 20 heavy (non-hydrogen) atoms. The van der Waals surface area contributed by atoms with Crippen LogP contribution in [0.5, 0.6) is 0 Å². The molecule has 2 aliphatic rings. The molecule has 2 rings (SSSR count). The summed E-state index contributed by atoms with van der Waals surface area (Å²) in [6.07, 6.45) is 10.3. The van der Waals surface area contributed by atoms with Crippen molar-refractivity contribution in [1.82, 2.24) is 0 Å². The lowest BCUT2D eigenvalue weighted by molar-refractivity contribution is -0.897. The molecule has 3 heteroatoms. The molecule has 3 nitrogen and oxygen atoms in total. The molecule has 110 valence electrons. The average Bonchev–Trinajstić information content (AvgIpc) is 2.50. The van der Waals surface area contributed by atoms with Crippen LogP contribution in [0, 0.1) is 23.2 Å². The zero-order valence-corrected chi connectivity index (χ0v) is 12.5. The quantitative estimate of drug-likeness (QED) is 0.626. The maximum atomic E-state index is 8.66. The summed E-state index contributed by atoms with van der Waals surface area (Å²) in [5.41, 5.74) is -0.246. The maximum absolute atomic E-state index is 8.66. The fourth-order valence-electron chi connectivity index (χ4n) is 3.28.